The molecule has 0 N–H and O–H groups in total. The second kappa shape index (κ2) is 6.67. The third-order valence-corrected chi connectivity index (χ3v) is 2.66. The molecule has 0 spiro atoms. The minimum Gasteiger partial charge on any atom is -0.453 e. The summed E-state index contributed by atoms with van der Waals surface area (Å²) in [7, 11) is 1.42. The summed E-state index contributed by atoms with van der Waals surface area (Å²) in [6, 6.07) is 0. The third kappa shape index (κ3) is 3.70. The van der Waals surface area contributed by atoms with E-state index >= 15 is 0 Å². The highest BCUT2D eigenvalue weighted by molar-refractivity contribution is 5.67. The number of hydrogen-bond acceptors (Lipinski definition) is 3. The monoisotopic (exact) mass is 215 g/mol. The van der Waals surface area contributed by atoms with E-state index in [0.717, 1.165) is 45.3 Å². The fourth-order valence-corrected chi connectivity index (χ4v) is 1.76. The average molecular weight is 215 g/mol. The fourth-order valence-electron chi connectivity index (χ4n) is 1.76. The number of nitrogens with zero attached hydrogens (tertiary/aromatic N) is 1. The van der Waals surface area contributed by atoms with Crippen molar-refractivity contribution in [1.82, 2.24) is 4.90 Å². The normalized spacial score (nSPS) is 21.5. The van der Waals surface area contributed by atoms with E-state index in [0.29, 0.717) is 0 Å². The van der Waals surface area contributed by atoms with Crippen molar-refractivity contribution in [3.8, 4) is 0 Å². The van der Waals surface area contributed by atoms with E-state index in [1.807, 2.05) is 0 Å². The molecule has 1 saturated heterocycles. The maximum Gasteiger partial charge on any atom is 0.411 e. The van der Waals surface area contributed by atoms with Gasteiger partial charge in [0.05, 0.1) is 7.11 Å². The molecule has 1 aliphatic heterocycles. The van der Waals surface area contributed by atoms with Crippen molar-refractivity contribution in [2.24, 2.45) is 0 Å². The van der Waals surface area contributed by atoms with Crippen LogP contribution in [-0.2, 0) is 9.47 Å². The van der Waals surface area contributed by atoms with E-state index in [1.54, 1.807) is 4.90 Å². The first-order valence-corrected chi connectivity index (χ1v) is 5.75. The van der Waals surface area contributed by atoms with Gasteiger partial charge in [-0.15, -0.1) is 0 Å². The van der Waals surface area contributed by atoms with Crippen LogP contribution in [0.25, 0.3) is 0 Å². The van der Waals surface area contributed by atoms with Crippen LogP contribution >= 0.6 is 0 Å². The van der Waals surface area contributed by atoms with Crippen LogP contribution in [0.1, 0.15) is 39.0 Å². The molecule has 1 fully saturated rings. The summed E-state index contributed by atoms with van der Waals surface area (Å²) in [4.78, 5) is 13.1. The molecule has 0 aromatic rings. The lowest BCUT2D eigenvalue weighted by atomic mass is 10.1. The molecule has 1 heterocycles. The summed E-state index contributed by atoms with van der Waals surface area (Å²) < 4.78 is 10.4. The Labute approximate surface area is 91.5 Å². The predicted octanol–water partition coefficient (Wildman–Crippen LogP) is 2.38. The zero-order chi connectivity index (χ0) is 11.1. The minimum absolute atomic E-state index is 0.0715. The van der Waals surface area contributed by atoms with Gasteiger partial charge < -0.3 is 9.47 Å². The zero-order valence-corrected chi connectivity index (χ0v) is 9.70. The number of piperidine rings is 1. The number of hydrogen-bond donors (Lipinski definition) is 0. The summed E-state index contributed by atoms with van der Waals surface area (Å²) in [5.74, 6) is 0. The topological polar surface area (TPSA) is 38.8 Å². The van der Waals surface area contributed by atoms with E-state index < -0.39 is 0 Å². The maximum absolute atomic E-state index is 11.4. The number of unbranched alkanes of at least 4 members (excludes halogenated alkanes) is 1. The number of rotatable bonds is 4. The lowest BCUT2D eigenvalue weighted by Crippen LogP contribution is -2.45. The summed E-state index contributed by atoms with van der Waals surface area (Å²) in [5, 5.41) is 0. The van der Waals surface area contributed by atoms with Crippen LogP contribution in [-0.4, -0.2) is 37.5 Å². The Morgan fingerprint density at radius 3 is 2.93 bits per heavy atom. The van der Waals surface area contributed by atoms with Crippen molar-refractivity contribution < 1.29 is 14.3 Å². The summed E-state index contributed by atoms with van der Waals surface area (Å²) in [6.45, 7) is 3.61. The molecule has 0 aliphatic carbocycles. The van der Waals surface area contributed by atoms with E-state index in [9.17, 15) is 4.79 Å². The molecule has 1 atom stereocenters. The van der Waals surface area contributed by atoms with Gasteiger partial charge in [0.2, 0.25) is 0 Å². The van der Waals surface area contributed by atoms with Gasteiger partial charge in [0.15, 0.2) is 0 Å². The fraction of sp³-hybridized carbons (Fsp3) is 0.909. The van der Waals surface area contributed by atoms with Crippen LogP contribution in [0.5, 0.6) is 0 Å². The highest BCUT2D eigenvalue weighted by Crippen LogP contribution is 2.19. The van der Waals surface area contributed by atoms with Crippen molar-refractivity contribution in [3.05, 3.63) is 0 Å². The Bertz CT molecular complexity index is 196. The molecule has 0 aromatic carbocycles. The number of amides is 1. The molecule has 0 saturated carbocycles. The Hall–Kier alpha value is -0.770. The van der Waals surface area contributed by atoms with Crippen molar-refractivity contribution in [2.75, 3.05) is 20.3 Å². The Morgan fingerprint density at radius 2 is 2.27 bits per heavy atom. The highest BCUT2D eigenvalue weighted by Gasteiger charge is 2.27. The molecule has 1 unspecified atom stereocenters. The molecule has 15 heavy (non-hydrogen) atoms. The Balaban J connectivity index is 2.39. The standard InChI is InChI=1S/C11H21NO3/c1-3-4-9-15-10-7-5-6-8-12(10)11(13)14-2/h10H,3-9H2,1-2H3. The summed E-state index contributed by atoms with van der Waals surface area (Å²) in [5.41, 5.74) is 0. The first-order valence-electron chi connectivity index (χ1n) is 5.75. The highest BCUT2D eigenvalue weighted by atomic mass is 16.6. The van der Waals surface area contributed by atoms with Crippen LogP contribution in [0.2, 0.25) is 0 Å². The van der Waals surface area contributed by atoms with Gasteiger partial charge in [-0.3, -0.25) is 4.90 Å². The Morgan fingerprint density at radius 1 is 1.47 bits per heavy atom. The first-order chi connectivity index (χ1) is 7.29. The Kier molecular flexibility index (Phi) is 5.47. The quantitative estimate of drug-likeness (QED) is 0.676. The van der Waals surface area contributed by atoms with Crippen LogP contribution in [0.4, 0.5) is 4.79 Å². The van der Waals surface area contributed by atoms with Gasteiger partial charge in [0, 0.05) is 13.2 Å². The van der Waals surface area contributed by atoms with Crippen LogP contribution in [0.15, 0.2) is 0 Å². The molecular formula is C11H21NO3. The molecule has 0 aromatic heterocycles. The average Bonchev–Trinajstić information content (AvgIpc) is 2.29. The van der Waals surface area contributed by atoms with Crippen molar-refractivity contribution >= 4 is 6.09 Å². The van der Waals surface area contributed by atoms with Crippen molar-refractivity contribution in [2.45, 2.75) is 45.3 Å². The number of carbonyl (C=O) groups excluding carboxylic acids is 1. The van der Waals surface area contributed by atoms with Gasteiger partial charge in [-0.1, -0.05) is 13.3 Å². The number of carbonyl (C=O) groups is 1. The first kappa shape index (κ1) is 12.3. The van der Waals surface area contributed by atoms with Crippen molar-refractivity contribution in [3.63, 3.8) is 0 Å². The summed E-state index contributed by atoms with van der Waals surface area (Å²) in [6.07, 6.45) is 4.93. The second-order valence-electron chi connectivity index (χ2n) is 3.84. The molecule has 1 aliphatic rings. The number of likely N-dealkylation sites (tertiary alicyclic amines) is 1. The lowest BCUT2D eigenvalue weighted by molar-refractivity contribution is -0.0696. The third-order valence-electron chi connectivity index (χ3n) is 2.66. The molecule has 1 rings (SSSR count). The lowest BCUT2D eigenvalue weighted by Gasteiger charge is -2.34. The minimum atomic E-state index is -0.267. The summed E-state index contributed by atoms with van der Waals surface area (Å²) >= 11 is 0. The van der Waals surface area contributed by atoms with E-state index in [4.69, 9.17) is 9.47 Å². The number of methoxy groups -OCH3 is 1. The number of ether oxygens (including phenoxy) is 2. The largest absolute Gasteiger partial charge is 0.453 e. The molecule has 88 valence electrons. The molecule has 4 nitrogen and oxygen atoms in total. The van der Waals surface area contributed by atoms with Crippen LogP contribution in [0, 0.1) is 0 Å². The van der Waals surface area contributed by atoms with Crippen LogP contribution in [0.3, 0.4) is 0 Å². The van der Waals surface area contributed by atoms with Gasteiger partial charge in [0.25, 0.3) is 0 Å². The van der Waals surface area contributed by atoms with E-state index in [2.05, 4.69) is 6.92 Å². The van der Waals surface area contributed by atoms with Gasteiger partial charge >= 0.3 is 6.09 Å². The molecule has 4 heteroatoms. The maximum atomic E-state index is 11.4. The van der Waals surface area contributed by atoms with E-state index in [-0.39, 0.29) is 12.3 Å². The van der Waals surface area contributed by atoms with Gasteiger partial charge in [-0.2, -0.15) is 0 Å². The molecular weight excluding hydrogens is 194 g/mol. The molecule has 0 radical (unpaired) electrons. The van der Waals surface area contributed by atoms with E-state index in [1.165, 1.54) is 7.11 Å². The van der Waals surface area contributed by atoms with Crippen LogP contribution < -0.4 is 0 Å². The SMILES string of the molecule is CCCCOC1CCCCN1C(=O)OC. The van der Waals surface area contributed by atoms with Crippen molar-refractivity contribution in [1.29, 1.82) is 0 Å². The smallest absolute Gasteiger partial charge is 0.411 e. The van der Waals surface area contributed by atoms with Gasteiger partial charge in [-0.25, -0.2) is 4.79 Å². The van der Waals surface area contributed by atoms with Gasteiger partial charge in [0.1, 0.15) is 6.23 Å². The zero-order valence-electron chi connectivity index (χ0n) is 9.70. The van der Waals surface area contributed by atoms with Gasteiger partial charge in [-0.05, 0) is 25.7 Å². The molecule has 0 bridgehead atoms. The predicted molar refractivity (Wildman–Crippen MR) is 57.6 cm³/mol. The second-order valence-corrected chi connectivity index (χ2v) is 3.84. The molecule has 1 amide bonds.